The molecule has 5 rings (SSSR count). The molecule has 1 N–H and O–H groups in total. The highest BCUT2D eigenvalue weighted by molar-refractivity contribution is 7.89. The fourth-order valence-corrected chi connectivity index (χ4v) is 5.09. The largest absolute Gasteiger partial charge is 0.494 e. The molecule has 4 aromatic rings. The predicted octanol–water partition coefficient (Wildman–Crippen LogP) is 3.49. The van der Waals surface area contributed by atoms with Gasteiger partial charge in [0.05, 0.1) is 36.2 Å². The number of anilines is 1. The highest BCUT2D eigenvalue weighted by atomic mass is 32.2. The zero-order valence-corrected chi connectivity index (χ0v) is 19.6. The number of fused-ring (bicyclic) bond motifs is 4. The molecule has 2 aromatic heterocycles. The summed E-state index contributed by atoms with van der Waals surface area (Å²) < 4.78 is 77.8. The Labute approximate surface area is 192 Å². The minimum atomic E-state index is -3.89. The van der Waals surface area contributed by atoms with Gasteiger partial charge in [0.1, 0.15) is 23.0 Å². The van der Waals surface area contributed by atoms with Crippen LogP contribution < -0.4 is 10.1 Å². The average molecular weight is 492 g/mol. The Kier molecular flexibility index (Phi) is 4.54. The van der Waals surface area contributed by atoms with Crippen LogP contribution in [0.15, 0.2) is 18.3 Å². The molecule has 178 valence electrons. The molecule has 0 amide bonds. The molecule has 13 heteroatoms. The van der Waals surface area contributed by atoms with Crippen molar-refractivity contribution >= 4 is 26.6 Å². The Hall–Kier alpha value is -3.61. The van der Waals surface area contributed by atoms with Gasteiger partial charge in [-0.15, -0.1) is 10.2 Å². The van der Waals surface area contributed by atoms with Gasteiger partial charge in [-0.2, -0.15) is 9.19 Å². The maximum atomic E-state index is 15.7. The zero-order chi connectivity index (χ0) is 24.7. The molecule has 0 spiro atoms. The van der Waals surface area contributed by atoms with Crippen molar-refractivity contribution in [1.82, 2.24) is 24.0 Å². The predicted molar refractivity (Wildman–Crippen MR) is 118 cm³/mol. The minimum absolute atomic E-state index is 0.0909. The second kappa shape index (κ2) is 6.95. The molecule has 0 atom stereocenters. The summed E-state index contributed by atoms with van der Waals surface area (Å²) >= 11 is 0. The number of aromatic nitrogens is 5. The summed E-state index contributed by atoms with van der Waals surface area (Å²) in [5, 5.41) is 15.1. The summed E-state index contributed by atoms with van der Waals surface area (Å²) in [6.07, 6.45) is 2.05. The average Bonchev–Trinajstić information content (AvgIpc) is 3.34. The van der Waals surface area contributed by atoms with Crippen LogP contribution in [0.4, 0.5) is 18.9 Å². The molecule has 0 saturated carbocycles. The van der Waals surface area contributed by atoms with E-state index in [2.05, 4.69) is 20.6 Å². The molecule has 0 aliphatic carbocycles. The molecular formula is C21H19F3N6O3S. The number of hydrogen-bond donors (Lipinski definition) is 1. The van der Waals surface area contributed by atoms with Gasteiger partial charge in [0.15, 0.2) is 23.2 Å². The van der Waals surface area contributed by atoms with Crippen LogP contribution in [0, 0.1) is 24.4 Å². The van der Waals surface area contributed by atoms with Crippen LogP contribution in [0.25, 0.3) is 27.7 Å². The van der Waals surface area contributed by atoms with Gasteiger partial charge in [0.25, 0.3) is 10.0 Å². The lowest BCUT2D eigenvalue weighted by Gasteiger charge is -2.35. The Bertz CT molecular complexity index is 1620. The van der Waals surface area contributed by atoms with Crippen molar-refractivity contribution in [3.05, 3.63) is 47.4 Å². The van der Waals surface area contributed by atoms with Gasteiger partial charge in [-0.05, 0) is 26.8 Å². The number of methoxy groups -OCH3 is 1. The van der Waals surface area contributed by atoms with Crippen molar-refractivity contribution < 1.29 is 26.3 Å². The first-order chi connectivity index (χ1) is 15.9. The van der Waals surface area contributed by atoms with E-state index in [1.54, 1.807) is 25.3 Å². The zero-order valence-electron chi connectivity index (χ0n) is 18.7. The number of benzene rings is 2. The fourth-order valence-electron chi connectivity index (χ4n) is 4.37. The standard InChI is InChI=1S/C21H19F3N6O3S/c1-9-27-28-20-21(2,3)26-17-16(24)15(23)14(19(33-4)18(17)29(9)20)11-6-10(22)7-13-12(11)8-25-30(13)34(5,31)32/h6-8,26H,1-5H3. The van der Waals surface area contributed by atoms with E-state index in [1.807, 2.05) is 0 Å². The summed E-state index contributed by atoms with van der Waals surface area (Å²) in [6.45, 7) is 5.13. The molecule has 0 saturated heterocycles. The summed E-state index contributed by atoms with van der Waals surface area (Å²) in [4.78, 5) is 0. The Morgan fingerprint density at radius 2 is 1.82 bits per heavy atom. The van der Waals surface area contributed by atoms with Crippen LogP contribution >= 0.6 is 0 Å². The molecule has 0 bridgehead atoms. The van der Waals surface area contributed by atoms with Crippen LogP contribution in [-0.4, -0.2) is 45.7 Å². The first-order valence-electron chi connectivity index (χ1n) is 10.0. The van der Waals surface area contributed by atoms with Gasteiger partial charge in [-0.25, -0.2) is 21.6 Å². The lowest BCUT2D eigenvalue weighted by Crippen LogP contribution is -2.37. The van der Waals surface area contributed by atoms with Crippen LogP contribution in [0.3, 0.4) is 0 Å². The molecule has 0 unspecified atom stereocenters. The SMILES string of the molecule is COc1c(-c2cc(F)cc3c2cnn3S(C)(=O)=O)c(F)c(F)c2c1-n1c(C)nnc1C(C)(C)N2. The van der Waals surface area contributed by atoms with Gasteiger partial charge < -0.3 is 10.1 Å². The number of rotatable bonds is 3. The highest BCUT2D eigenvalue weighted by Crippen LogP contribution is 2.50. The Balaban J connectivity index is 1.94. The van der Waals surface area contributed by atoms with Gasteiger partial charge >= 0.3 is 0 Å². The van der Waals surface area contributed by atoms with Crippen LogP contribution in [0.5, 0.6) is 5.75 Å². The number of hydrogen-bond acceptors (Lipinski definition) is 7. The summed E-state index contributed by atoms with van der Waals surface area (Å²) in [6, 6.07) is 1.93. The van der Waals surface area contributed by atoms with E-state index >= 15 is 8.78 Å². The maximum absolute atomic E-state index is 15.7. The molecular weight excluding hydrogens is 473 g/mol. The smallest absolute Gasteiger partial charge is 0.251 e. The Morgan fingerprint density at radius 1 is 1.12 bits per heavy atom. The highest BCUT2D eigenvalue weighted by Gasteiger charge is 2.40. The first-order valence-corrected chi connectivity index (χ1v) is 11.9. The minimum Gasteiger partial charge on any atom is -0.494 e. The number of nitrogens with one attached hydrogen (secondary N) is 1. The summed E-state index contributed by atoms with van der Waals surface area (Å²) in [5.74, 6) is -2.66. The van der Waals surface area contributed by atoms with E-state index in [-0.39, 0.29) is 33.6 Å². The lowest BCUT2D eigenvalue weighted by atomic mass is 9.94. The fraction of sp³-hybridized carbons (Fsp3) is 0.286. The molecule has 0 radical (unpaired) electrons. The number of aryl methyl sites for hydroxylation is 1. The topological polar surface area (TPSA) is 104 Å². The first kappa shape index (κ1) is 22.2. The van der Waals surface area contributed by atoms with E-state index < -0.39 is 38.6 Å². The molecule has 1 aliphatic heterocycles. The molecule has 0 fully saturated rings. The van der Waals surface area contributed by atoms with Gasteiger partial charge in [0, 0.05) is 17.0 Å². The maximum Gasteiger partial charge on any atom is 0.251 e. The summed E-state index contributed by atoms with van der Waals surface area (Å²) in [7, 11) is -2.62. The molecule has 9 nitrogen and oxygen atoms in total. The van der Waals surface area contributed by atoms with Gasteiger partial charge in [-0.1, -0.05) is 0 Å². The van der Waals surface area contributed by atoms with Crippen molar-refractivity contribution in [3.63, 3.8) is 0 Å². The van der Waals surface area contributed by atoms with E-state index in [9.17, 15) is 12.8 Å². The van der Waals surface area contributed by atoms with E-state index in [1.165, 1.54) is 7.11 Å². The van der Waals surface area contributed by atoms with Crippen molar-refractivity contribution in [1.29, 1.82) is 0 Å². The molecule has 2 aromatic carbocycles. The third-order valence-corrected chi connectivity index (χ3v) is 6.68. The van der Waals surface area contributed by atoms with Gasteiger partial charge in [0.2, 0.25) is 0 Å². The van der Waals surface area contributed by atoms with E-state index in [0.29, 0.717) is 15.7 Å². The third-order valence-electron chi connectivity index (χ3n) is 5.76. The van der Waals surface area contributed by atoms with Crippen LogP contribution in [0.2, 0.25) is 0 Å². The molecule has 3 heterocycles. The monoisotopic (exact) mass is 492 g/mol. The number of halogens is 3. The second-order valence-electron chi connectivity index (χ2n) is 8.55. The molecule has 34 heavy (non-hydrogen) atoms. The van der Waals surface area contributed by atoms with Crippen LogP contribution in [-0.2, 0) is 15.6 Å². The molecule has 1 aliphatic rings. The van der Waals surface area contributed by atoms with Crippen molar-refractivity contribution in [2.24, 2.45) is 0 Å². The normalized spacial score (nSPS) is 14.6. The van der Waals surface area contributed by atoms with Crippen molar-refractivity contribution in [2.45, 2.75) is 26.3 Å². The second-order valence-corrected chi connectivity index (χ2v) is 10.4. The van der Waals surface area contributed by atoms with Crippen molar-refractivity contribution in [3.8, 4) is 22.6 Å². The van der Waals surface area contributed by atoms with E-state index in [0.717, 1.165) is 24.6 Å². The Morgan fingerprint density at radius 3 is 2.47 bits per heavy atom. The quantitative estimate of drug-likeness (QED) is 0.467. The number of nitrogens with zero attached hydrogens (tertiary/aromatic N) is 5. The lowest BCUT2D eigenvalue weighted by molar-refractivity contribution is 0.402. The van der Waals surface area contributed by atoms with Crippen LogP contribution in [0.1, 0.15) is 25.5 Å². The van der Waals surface area contributed by atoms with Gasteiger partial charge in [-0.3, -0.25) is 4.57 Å². The summed E-state index contributed by atoms with van der Waals surface area (Å²) in [5.41, 5.74) is -1.59. The van der Waals surface area contributed by atoms with Crippen molar-refractivity contribution in [2.75, 3.05) is 18.7 Å². The van der Waals surface area contributed by atoms with E-state index in [4.69, 9.17) is 4.74 Å². The number of ether oxygens (including phenoxy) is 1. The third kappa shape index (κ3) is 2.92.